The first kappa shape index (κ1) is 21.5. The van der Waals surface area contributed by atoms with E-state index in [4.69, 9.17) is 21.1 Å². The summed E-state index contributed by atoms with van der Waals surface area (Å²) >= 11 is 6.12. The van der Waals surface area contributed by atoms with Crippen LogP contribution in [0, 0.1) is 13.8 Å². The normalized spacial score (nSPS) is 11.6. The summed E-state index contributed by atoms with van der Waals surface area (Å²) in [5.74, 6) is -1.70. The smallest absolute Gasteiger partial charge is 0.355 e. The minimum Gasteiger partial charge on any atom is -0.461 e. The quantitative estimate of drug-likeness (QED) is 0.686. The topological polar surface area (TPSA) is 97.5 Å². The molecular weight excluding hydrogens is 384 g/mol. The Hall–Kier alpha value is -2.80. The van der Waals surface area contributed by atoms with Crippen LogP contribution in [0.1, 0.15) is 57.6 Å². The Morgan fingerprint density at radius 3 is 2.46 bits per heavy atom. The molecule has 8 heteroatoms. The summed E-state index contributed by atoms with van der Waals surface area (Å²) in [6.07, 6.45) is 0. The van der Waals surface area contributed by atoms with E-state index in [1.54, 1.807) is 39.8 Å². The molecule has 0 saturated heterocycles. The molecule has 0 fully saturated rings. The number of aryl methyl sites for hydroxylation is 1. The van der Waals surface area contributed by atoms with E-state index in [9.17, 15) is 14.4 Å². The maximum Gasteiger partial charge on any atom is 0.355 e. The van der Waals surface area contributed by atoms with E-state index >= 15 is 0 Å². The van der Waals surface area contributed by atoms with Crippen LogP contribution in [-0.4, -0.2) is 36.0 Å². The summed E-state index contributed by atoms with van der Waals surface area (Å²) < 4.78 is 10.1. The molecule has 2 N–H and O–H groups in total. The number of esters is 2. The average Bonchev–Trinajstić information content (AvgIpc) is 2.94. The third kappa shape index (κ3) is 4.92. The third-order valence-electron chi connectivity index (χ3n) is 4.20. The van der Waals surface area contributed by atoms with Crippen molar-refractivity contribution in [3.8, 4) is 0 Å². The molecule has 7 nitrogen and oxygen atoms in total. The second-order valence-electron chi connectivity index (χ2n) is 6.23. The van der Waals surface area contributed by atoms with Gasteiger partial charge in [0.1, 0.15) is 5.69 Å². The number of amides is 1. The summed E-state index contributed by atoms with van der Waals surface area (Å²) in [7, 11) is 0. The van der Waals surface area contributed by atoms with Crippen LogP contribution < -0.4 is 5.32 Å². The zero-order chi connectivity index (χ0) is 20.8. The minimum atomic E-state index is -0.692. The second-order valence-corrected chi connectivity index (χ2v) is 6.64. The van der Waals surface area contributed by atoms with Crippen molar-refractivity contribution in [2.75, 3.05) is 13.2 Å². The number of aromatic nitrogens is 1. The first-order valence-corrected chi connectivity index (χ1v) is 9.21. The van der Waals surface area contributed by atoms with E-state index in [-0.39, 0.29) is 23.9 Å². The molecule has 1 atom stereocenters. The molecular formula is C20H23ClN2O5. The molecule has 2 aromatic rings. The van der Waals surface area contributed by atoms with Gasteiger partial charge in [0, 0.05) is 10.7 Å². The van der Waals surface area contributed by atoms with Crippen molar-refractivity contribution >= 4 is 29.4 Å². The number of halogens is 1. The van der Waals surface area contributed by atoms with Crippen LogP contribution in [0.3, 0.4) is 0 Å². The van der Waals surface area contributed by atoms with Gasteiger partial charge in [-0.1, -0.05) is 29.8 Å². The van der Waals surface area contributed by atoms with Gasteiger partial charge in [-0.15, -0.1) is 0 Å². The summed E-state index contributed by atoms with van der Waals surface area (Å²) in [6.45, 7) is 6.51. The lowest BCUT2D eigenvalue weighted by Crippen LogP contribution is -2.31. The summed E-state index contributed by atoms with van der Waals surface area (Å²) in [5.41, 5.74) is 2.07. The molecule has 0 bridgehead atoms. The van der Waals surface area contributed by atoms with Gasteiger partial charge in [-0.3, -0.25) is 4.79 Å². The number of rotatable bonds is 7. The SMILES string of the molecule is CCOC(=O)c1[nH]c(C)c(C(=O)OCC(=O)N[C@@H](C)c2ccccc2Cl)c1C. The molecule has 2 rings (SSSR count). The van der Waals surface area contributed by atoms with Crippen LogP contribution in [0.25, 0.3) is 0 Å². The molecule has 0 aliphatic rings. The van der Waals surface area contributed by atoms with E-state index in [1.807, 2.05) is 12.1 Å². The number of nitrogens with one attached hydrogen (secondary N) is 2. The first-order chi connectivity index (χ1) is 13.3. The van der Waals surface area contributed by atoms with Crippen molar-refractivity contribution in [3.05, 3.63) is 57.4 Å². The van der Waals surface area contributed by atoms with Crippen molar-refractivity contribution in [2.45, 2.75) is 33.7 Å². The van der Waals surface area contributed by atoms with Crippen LogP contribution in [0.2, 0.25) is 5.02 Å². The zero-order valence-electron chi connectivity index (χ0n) is 16.2. The maximum absolute atomic E-state index is 12.4. The standard InChI is InChI=1S/C20H23ClN2O5/c1-5-27-20(26)18-11(2)17(13(4)23-18)19(25)28-10-16(24)22-12(3)14-8-6-7-9-15(14)21/h6-9,12,23H,5,10H2,1-4H3,(H,22,24)/t12-/m0/s1. The number of hydrogen-bond acceptors (Lipinski definition) is 5. The molecule has 1 aromatic carbocycles. The summed E-state index contributed by atoms with van der Waals surface area (Å²) in [4.78, 5) is 39.3. The van der Waals surface area contributed by atoms with Gasteiger partial charge in [0.25, 0.3) is 5.91 Å². The van der Waals surface area contributed by atoms with E-state index in [2.05, 4.69) is 10.3 Å². The van der Waals surface area contributed by atoms with Crippen LogP contribution in [0.5, 0.6) is 0 Å². The lowest BCUT2D eigenvalue weighted by atomic mass is 10.1. The molecule has 1 heterocycles. The van der Waals surface area contributed by atoms with Gasteiger partial charge < -0.3 is 19.8 Å². The van der Waals surface area contributed by atoms with Crippen LogP contribution in [-0.2, 0) is 14.3 Å². The molecule has 150 valence electrons. The highest BCUT2D eigenvalue weighted by atomic mass is 35.5. The third-order valence-corrected chi connectivity index (χ3v) is 4.55. The molecule has 0 aliphatic carbocycles. The maximum atomic E-state index is 12.4. The Labute approximate surface area is 168 Å². The Kier molecular flexibility index (Phi) is 7.23. The van der Waals surface area contributed by atoms with Crippen LogP contribution >= 0.6 is 11.6 Å². The Bertz CT molecular complexity index is 891. The molecule has 0 spiro atoms. The van der Waals surface area contributed by atoms with E-state index in [0.717, 1.165) is 5.56 Å². The lowest BCUT2D eigenvalue weighted by molar-refractivity contribution is -0.124. The Morgan fingerprint density at radius 2 is 1.82 bits per heavy atom. The van der Waals surface area contributed by atoms with E-state index in [1.165, 1.54) is 0 Å². The number of aromatic amines is 1. The van der Waals surface area contributed by atoms with Gasteiger partial charge in [-0.05, 0) is 44.9 Å². The number of carbonyl (C=O) groups is 3. The van der Waals surface area contributed by atoms with Crippen LogP contribution in [0.4, 0.5) is 0 Å². The van der Waals surface area contributed by atoms with Gasteiger partial charge in [-0.2, -0.15) is 0 Å². The molecule has 0 aliphatic heterocycles. The monoisotopic (exact) mass is 406 g/mol. The van der Waals surface area contributed by atoms with Gasteiger partial charge in [0.05, 0.1) is 18.2 Å². The van der Waals surface area contributed by atoms with Gasteiger partial charge in [0.15, 0.2) is 6.61 Å². The number of benzene rings is 1. The van der Waals surface area contributed by atoms with Crippen LogP contribution in [0.15, 0.2) is 24.3 Å². The minimum absolute atomic E-state index is 0.197. The second kappa shape index (κ2) is 9.41. The zero-order valence-corrected chi connectivity index (χ0v) is 17.0. The van der Waals surface area contributed by atoms with Crippen molar-refractivity contribution in [3.63, 3.8) is 0 Å². The van der Waals surface area contributed by atoms with Crippen molar-refractivity contribution in [1.29, 1.82) is 0 Å². The van der Waals surface area contributed by atoms with Crippen molar-refractivity contribution < 1.29 is 23.9 Å². The average molecular weight is 407 g/mol. The lowest BCUT2D eigenvalue weighted by Gasteiger charge is -2.15. The fraction of sp³-hybridized carbons (Fsp3) is 0.350. The highest BCUT2D eigenvalue weighted by Gasteiger charge is 2.24. The highest BCUT2D eigenvalue weighted by molar-refractivity contribution is 6.31. The fourth-order valence-electron chi connectivity index (χ4n) is 2.85. The van der Waals surface area contributed by atoms with Gasteiger partial charge >= 0.3 is 11.9 Å². The molecule has 1 amide bonds. The van der Waals surface area contributed by atoms with E-state index < -0.39 is 24.5 Å². The predicted octanol–water partition coefficient (Wildman–Crippen LogP) is 3.50. The molecule has 0 saturated carbocycles. The number of ether oxygens (including phenoxy) is 2. The number of carbonyl (C=O) groups excluding carboxylic acids is 3. The molecule has 0 unspecified atom stereocenters. The molecule has 1 aromatic heterocycles. The molecule has 0 radical (unpaired) electrons. The molecule has 28 heavy (non-hydrogen) atoms. The largest absolute Gasteiger partial charge is 0.461 e. The highest BCUT2D eigenvalue weighted by Crippen LogP contribution is 2.22. The Balaban J connectivity index is 1.99. The number of hydrogen-bond donors (Lipinski definition) is 2. The van der Waals surface area contributed by atoms with Crippen molar-refractivity contribution in [2.24, 2.45) is 0 Å². The van der Waals surface area contributed by atoms with E-state index in [0.29, 0.717) is 16.3 Å². The Morgan fingerprint density at radius 1 is 1.14 bits per heavy atom. The van der Waals surface area contributed by atoms with Gasteiger partial charge in [0.2, 0.25) is 0 Å². The summed E-state index contributed by atoms with van der Waals surface area (Å²) in [5, 5.41) is 3.27. The van der Waals surface area contributed by atoms with Gasteiger partial charge in [-0.25, -0.2) is 9.59 Å². The van der Waals surface area contributed by atoms with Crippen molar-refractivity contribution in [1.82, 2.24) is 10.3 Å². The number of H-pyrrole nitrogens is 1. The first-order valence-electron chi connectivity index (χ1n) is 8.83. The summed E-state index contributed by atoms with van der Waals surface area (Å²) in [6, 6.07) is 6.82. The predicted molar refractivity (Wildman–Crippen MR) is 105 cm³/mol. The fourth-order valence-corrected chi connectivity index (χ4v) is 3.15.